The van der Waals surface area contributed by atoms with Crippen LogP contribution in [0, 0.1) is 0 Å². The number of hydrogen-bond acceptors (Lipinski definition) is 2. The van der Waals surface area contributed by atoms with E-state index in [1.54, 1.807) is 0 Å². The zero-order chi connectivity index (χ0) is 26.8. The summed E-state index contributed by atoms with van der Waals surface area (Å²) in [6, 6.07) is 43.3. The number of imidazole rings is 1. The molecule has 1 aliphatic carbocycles. The van der Waals surface area contributed by atoms with E-state index in [0.29, 0.717) is 0 Å². The van der Waals surface area contributed by atoms with E-state index >= 15 is 0 Å². The number of benzene rings is 5. The number of rotatable bonds is 3. The minimum Gasteiger partial charge on any atom is -0.292 e. The molecule has 2 aromatic heterocycles. The predicted octanol–water partition coefficient (Wildman–Crippen LogP) is 9.21. The van der Waals surface area contributed by atoms with Crippen LogP contribution in [0.3, 0.4) is 0 Å². The lowest BCUT2D eigenvalue weighted by Gasteiger charge is -2.22. The van der Waals surface area contributed by atoms with Gasteiger partial charge in [0.05, 0.1) is 16.6 Å². The molecule has 0 spiro atoms. The lowest BCUT2D eigenvalue weighted by molar-refractivity contribution is 0.661. The third-order valence-corrected chi connectivity index (χ3v) is 8.45. The van der Waals surface area contributed by atoms with Crippen molar-refractivity contribution in [1.29, 1.82) is 0 Å². The van der Waals surface area contributed by atoms with Crippen molar-refractivity contribution in [3.8, 4) is 39.3 Å². The number of hydrogen-bond donors (Lipinski definition) is 0. The largest absolute Gasteiger partial charge is 0.292 e. The quantitative estimate of drug-likeness (QED) is 0.236. The first kappa shape index (κ1) is 22.9. The molecule has 2 heterocycles. The molecule has 5 aromatic carbocycles. The molecule has 0 N–H and O–H groups in total. The molecule has 0 fully saturated rings. The van der Waals surface area contributed by atoms with Gasteiger partial charge in [-0.25, -0.2) is 4.98 Å². The summed E-state index contributed by atoms with van der Waals surface area (Å²) in [5, 5.41) is 1.19. The Kier molecular flexibility index (Phi) is 4.86. The average molecular weight is 514 g/mol. The van der Waals surface area contributed by atoms with E-state index in [9.17, 15) is 0 Å². The number of aromatic nitrogens is 3. The fourth-order valence-electron chi connectivity index (χ4n) is 6.35. The van der Waals surface area contributed by atoms with Gasteiger partial charge in [0, 0.05) is 28.2 Å². The van der Waals surface area contributed by atoms with E-state index in [1.807, 2.05) is 24.4 Å². The topological polar surface area (TPSA) is 30.7 Å². The molecule has 0 unspecified atom stereocenters. The Bertz CT molecular complexity index is 2070. The maximum atomic E-state index is 4.99. The summed E-state index contributed by atoms with van der Waals surface area (Å²) in [4.78, 5) is 9.61. The fraction of sp³-hybridized carbons (Fsp3) is 0.0811. The van der Waals surface area contributed by atoms with Crippen LogP contribution in [0.25, 0.3) is 61.3 Å². The van der Waals surface area contributed by atoms with Crippen molar-refractivity contribution in [2.24, 2.45) is 0 Å². The second-order valence-corrected chi connectivity index (χ2v) is 11.2. The highest BCUT2D eigenvalue weighted by Gasteiger charge is 2.36. The summed E-state index contributed by atoms with van der Waals surface area (Å²) in [5.41, 5.74) is 13.1. The molecule has 8 rings (SSSR count). The maximum absolute atomic E-state index is 4.99. The highest BCUT2D eigenvalue weighted by Crippen LogP contribution is 2.50. The summed E-state index contributed by atoms with van der Waals surface area (Å²) < 4.78 is 2.26. The zero-order valence-corrected chi connectivity index (χ0v) is 22.5. The minimum absolute atomic E-state index is 0.0906. The molecule has 0 amide bonds. The summed E-state index contributed by atoms with van der Waals surface area (Å²) >= 11 is 0. The lowest BCUT2D eigenvalue weighted by atomic mass is 9.81. The van der Waals surface area contributed by atoms with Crippen molar-refractivity contribution in [3.63, 3.8) is 0 Å². The van der Waals surface area contributed by atoms with Crippen LogP contribution in [0.1, 0.15) is 25.0 Å². The van der Waals surface area contributed by atoms with E-state index in [4.69, 9.17) is 4.98 Å². The maximum Gasteiger partial charge on any atom is 0.145 e. The molecule has 0 bridgehead atoms. The van der Waals surface area contributed by atoms with Crippen LogP contribution >= 0.6 is 0 Å². The minimum atomic E-state index is -0.0906. The SMILES string of the molecule is CC1(C)c2cc(-c3ccc(-n4c(-c5ccccc5)nc5ccccc54)cc3)ccc2-c2cc3cccnc3cc21. The molecule has 0 saturated heterocycles. The Hall–Kier alpha value is -5.02. The molecule has 3 heteroatoms. The van der Waals surface area contributed by atoms with Gasteiger partial charge in [0.25, 0.3) is 0 Å². The Morgan fingerprint density at radius 2 is 1.32 bits per heavy atom. The highest BCUT2D eigenvalue weighted by atomic mass is 15.1. The first-order valence-electron chi connectivity index (χ1n) is 13.8. The van der Waals surface area contributed by atoms with Gasteiger partial charge < -0.3 is 0 Å². The molecule has 7 aromatic rings. The van der Waals surface area contributed by atoms with Gasteiger partial charge in [0.15, 0.2) is 0 Å². The summed E-state index contributed by atoms with van der Waals surface area (Å²) in [7, 11) is 0. The van der Waals surface area contributed by atoms with Gasteiger partial charge in [0.1, 0.15) is 5.82 Å². The zero-order valence-electron chi connectivity index (χ0n) is 22.5. The van der Waals surface area contributed by atoms with Crippen LogP contribution in [0.15, 0.2) is 128 Å². The first-order valence-corrected chi connectivity index (χ1v) is 13.8. The standard InChI is InChI=1S/C37H27N3/c1-37(2)31-22-26(16-19-29(31)30-21-27-11-8-20-38-34(27)23-32(30)37)24-14-17-28(18-15-24)40-35-13-7-6-12-33(35)39-36(40)25-9-4-3-5-10-25/h3-23H,1-2H3. The number of fused-ring (bicyclic) bond motifs is 5. The van der Waals surface area contributed by atoms with E-state index < -0.39 is 0 Å². The summed E-state index contributed by atoms with van der Waals surface area (Å²) in [6.45, 7) is 4.66. The van der Waals surface area contributed by atoms with Gasteiger partial charge in [-0.3, -0.25) is 9.55 Å². The van der Waals surface area contributed by atoms with Crippen molar-refractivity contribution in [2.45, 2.75) is 19.3 Å². The van der Waals surface area contributed by atoms with Crippen molar-refractivity contribution < 1.29 is 0 Å². The Morgan fingerprint density at radius 1 is 0.575 bits per heavy atom. The van der Waals surface area contributed by atoms with Crippen molar-refractivity contribution >= 4 is 21.9 Å². The molecule has 190 valence electrons. The van der Waals surface area contributed by atoms with Gasteiger partial charge in [0.2, 0.25) is 0 Å². The Balaban J connectivity index is 1.21. The lowest BCUT2D eigenvalue weighted by Crippen LogP contribution is -2.15. The normalized spacial score (nSPS) is 13.4. The van der Waals surface area contributed by atoms with Crippen LogP contribution in [-0.2, 0) is 5.41 Å². The average Bonchev–Trinajstić information content (AvgIpc) is 3.49. The third kappa shape index (κ3) is 3.37. The Labute approximate surface area is 233 Å². The third-order valence-electron chi connectivity index (χ3n) is 8.45. The molecule has 0 atom stereocenters. The smallest absolute Gasteiger partial charge is 0.145 e. The van der Waals surface area contributed by atoms with Gasteiger partial charge in [-0.05, 0) is 81.9 Å². The molecule has 0 radical (unpaired) electrons. The second-order valence-electron chi connectivity index (χ2n) is 11.2. The molecular formula is C37H27N3. The highest BCUT2D eigenvalue weighted by molar-refractivity contribution is 5.92. The summed E-state index contributed by atoms with van der Waals surface area (Å²) in [6.07, 6.45) is 1.88. The summed E-state index contributed by atoms with van der Waals surface area (Å²) in [5.74, 6) is 0.952. The van der Waals surface area contributed by atoms with Gasteiger partial charge in [-0.2, -0.15) is 0 Å². The van der Waals surface area contributed by atoms with Crippen LogP contribution in [0.2, 0.25) is 0 Å². The molecule has 3 nitrogen and oxygen atoms in total. The van der Waals surface area contributed by atoms with Crippen LogP contribution in [0.4, 0.5) is 0 Å². The van der Waals surface area contributed by atoms with E-state index in [-0.39, 0.29) is 5.41 Å². The van der Waals surface area contributed by atoms with Gasteiger partial charge >= 0.3 is 0 Å². The molecular weight excluding hydrogens is 486 g/mol. The van der Waals surface area contributed by atoms with Gasteiger partial charge in [-0.15, -0.1) is 0 Å². The molecule has 1 aliphatic rings. The number of nitrogens with zero attached hydrogens (tertiary/aromatic N) is 3. The van der Waals surface area contributed by atoms with Crippen LogP contribution < -0.4 is 0 Å². The Morgan fingerprint density at radius 3 is 2.17 bits per heavy atom. The predicted molar refractivity (Wildman–Crippen MR) is 165 cm³/mol. The fourth-order valence-corrected chi connectivity index (χ4v) is 6.35. The molecule has 0 saturated carbocycles. The first-order chi connectivity index (χ1) is 19.6. The molecule has 0 aliphatic heterocycles. The van der Waals surface area contributed by atoms with E-state index in [2.05, 4.69) is 127 Å². The van der Waals surface area contributed by atoms with Crippen molar-refractivity contribution in [2.75, 3.05) is 0 Å². The van der Waals surface area contributed by atoms with Crippen LogP contribution in [0.5, 0.6) is 0 Å². The van der Waals surface area contributed by atoms with E-state index in [0.717, 1.165) is 33.6 Å². The molecule has 40 heavy (non-hydrogen) atoms. The van der Waals surface area contributed by atoms with Crippen LogP contribution in [-0.4, -0.2) is 14.5 Å². The monoisotopic (exact) mass is 513 g/mol. The van der Waals surface area contributed by atoms with E-state index in [1.165, 1.54) is 38.8 Å². The van der Waals surface area contributed by atoms with Crippen molar-refractivity contribution in [1.82, 2.24) is 14.5 Å². The second kappa shape index (κ2) is 8.49. The number of para-hydroxylation sites is 2. The number of pyridine rings is 1. The van der Waals surface area contributed by atoms with Crippen molar-refractivity contribution in [3.05, 3.63) is 139 Å². The van der Waals surface area contributed by atoms with Gasteiger partial charge in [-0.1, -0.05) is 86.6 Å².